The molecule has 1 fully saturated rings. The first-order valence-corrected chi connectivity index (χ1v) is 9.65. The molecule has 6 heteroatoms. The average molecular weight is 399 g/mol. The Morgan fingerprint density at radius 2 is 1.86 bits per heavy atom. The van der Waals surface area contributed by atoms with Crippen LogP contribution < -0.4 is 5.32 Å². The van der Waals surface area contributed by atoms with E-state index in [1.165, 1.54) is 6.07 Å². The van der Waals surface area contributed by atoms with E-state index >= 15 is 0 Å². The van der Waals surface area contributed by atoms with Crippen LogP contribution in [0.15, 0.2) is 36.4 Å². The minimum atomic E-state index is -0.724. The summed E-state index contributed by atoms with van der Waals surface area (Å²) in [5, 5.41) is 23.6. The highest BCUT2D eigenvalue weighted by Crippen LogP contribution is 2.51. The maximum Gasteiger partial charge on any atom is 0.235 e. The molecule has 0 unspecified atom stereocenters. The molecular weight excluding hydrogens is 376 g/mol. The molecule has 4 N–H and O–H groups in total. The van der Waals surface area contributed by atoms with Crippen molar-refractivity contribution in [2.75, 3.05) is 5.32 Å². The number of anilines is 1. The number of rotatable bonds is 3. The summed E-state index contributed by atoms with van der Waals surface area (Å²) in [4.78, 5) is 16.4. The topological polar surface area (TPSA) is 85.3 Å². The first-order valence-electron chi connectivity index (χ1n) is 9.27. The van der Waals surface area contributed by atoms with Crippen LogP contribution in [0.3, 0.4) is 0 Å². The van der Waals surface area contributed by atoms with Crippen LogP contribution >= 0.6 is 11.6 Å². The molecule has 1 amide bonds. The molecule has 1 aliphatic carbocycles. The van der Waals surface area contributed by atoms with E-state index in [2.05, 4.69) is 37.1 Å². The van der Waals surface area contributed by atoms with E-state index < -0.39 is 5.41 Å². The first kappa shape index (κ1) is 18.7. The number of phenols is 2. The Labute approximate surface area is 168 Å². The SMILES string of the molecule is CC(C)(C)c1cc2cc(NC(=O)C3(c4cc(O)c(O)c(Cl)c4)CC3)ccc2[nH]1. The highest BCUT2D eigenvalue weighted by molar-refractivity contribution is 6.32. The van der Waals surface area contributed by atoms with E-state index in [1.54, 1.807) is 6.07 Å². The molecule has 1 heterocycles. The molecule has 1 saturated carbocycles. The van der Waals surface area contributed by atoms with Gasteiger partial charge in [-0.3, -0.25) is 4.79 Å². The summed E-state index contributed by atoms with van der Waals surface area (Å²) >= 11 is 5.98. The standard InChI is InChI=1S/C22H23ClN2O3/c1-21(2,3)18-9-12-8-14(4-5-16(12)25-18)24-20(28)22(6-7-22)13-10-15(23)19(27)17(26)11-13/h4-5,8-11,25-27H,6-7H2,1-3H3,(H,24,28). The largest absolute Gasteiger partial charge is 0.504 e. The highest BCUT2D eigenvalue weighted by Gasteiger charge is 2.51. The van der Waals surface area contributed by atoms with Crippen molar-refractivity contribution in [2.45, 2.75) is 44.4 Å². The van der Waals surface area contributed by atoms with Crippen LogP contribution in [0.1, 0.15) is 44.9 Å². The van der Waals surface area contributed by atoms with Crippen LogP contribution in [0.2, 0.25) is 5.02 Å². The van der Waals surface area contributed by atoms with E-state index in [9.17, 15) is 15.0 Å². The number of phenolic OH excluding ortho intramolecular Hbond substituents is 2. The van der Waals surface area contributed by atoms with Gasteiger partial charge in [0.1, 0.15) is 0 Å². The number of nitrogens with one attached hydrogen (secondary N) is 2. The van der Waals surface area contributed by atoms with Gasteiger partial charge in [0, 0.05) is 27.7 Å². The Morgan fingerprint density at radius 3 is 2.46 bits per heavy atom. The van der Waals surface area contributed by atoms with Crippen LogP contribution in [0.4, 0.5) is 5.69 Å². The molecule has 3 aromatic rings. The molecule has 5 nitrogen and oxygen atoms in total. The molecule has 0 aliphatic heterocycles. The maximum absolute atomic E-state index is 13.0. The number of hydrogen-bond acceptors (Lipinski definition) is 3. The molecule has 0 radical (unpaired) electrons. The van der Waals surface area contributed by atoms with Gasteiger partial charge in [-0.1, -0.05) is 32.4 Å². The number of carbonyl (C=O) groups excluding carboxylic acids is 1. The Bertz CT molecular complexity index is 1070. The number of amides is 1. The lowest BCUT2D eigenvalue weighted by Gasteiger charge is -2.17. The molecule has 1 aromatic heterocycles. The molecule has 28 heavy (non-hydrogen) atoms. The van der Waals surface area contributed by atoms with Gasteiger partial charge in [0.25, 0.3) is 0 Å². The summed E-state index contributed by atoms with van der Waals surface area (Å²) in [6.07, 6.45) is 1.33. The number of benzene rings is 2. The van der Waals surface area contributed by atoms with Crippen LogP contribution in [0.5, 0.6) is 11.5 Å². The van der Waals surface area contributed by atoms with Gasteiger partial charge < -0.3 is 20.5 Å². The number of halogens is 1. The van der Waals surface area contributed by atoms with Gasteiger partial charge in [0.2, 0.25) is 5.91 Å². The summed E-state index contributed by atoms with van der Waals surface area (Å²) in [5.41, 5.74) is 2.79. The van der Waals surface area contributed by atoms with Crippen molar-refractivity contribution in [3.8, 4) is 11.5 Å². The summed E-state index contributed by atoms with van der Waals surface area (Å²) in [7, 11) is 0. The van der Waals surface area contributed by atoms with E-state index in [-0.39, 0.29) is 27.8 Å². The molecule has 4 rings (SSSR count). The molecule has 2 aromatic carbocycles. The zero-order valence-corrected chi connectivity index (χ0v) is 16.8. The van der Waals surface area contributed by atoms with Crippen molar-refractivity contribution in [3.63, 3.8) is 0 Å². The van der Waals surface area contributed by atoms with Gasteiger partial charge in [-0.2, -0.15) is 0 Å². The Hall–Kier alpha value is -2.66. The van der Waals surface area contributed by atoms with Crippen LogP contribution in [0, 0.1) is 0 Å². The zero-order valence-electron chi connectivity index (χ0n) is 16.1. The number of aromatic nitrogens is 1. The van der Waals surface area contributed by atoms with Gasteiger partial charge in [0.05, 0.1) is 10.4 Å². The van der Waals surface area contributed by atoms with Crippen molar-refractivity contribution >= 4 is 34.1 Å². The van der Waals surface area contributed by atoms with E-state index in [0.717, 1.165) is 22.3 Å². The second-order valence-corrected chi connectivity index (χ2v) is 9.00. The third-order valence-electron chi connectivity index (χ3n) is 5.47. The van der Waals surface area contributed by atoms with Gasteiger partial charge in [0.15, 0.2) is 11.5 Å². The number of H-pyrrole nitrogens is 1. The Morgan fingerprint density at radius 1 is 1.14 bits per heavy atom. The minimum Gasteiger partial charge on any atom is -0.504 e. The minimum absolute atomic E-state index is 0.0145. The van der Waals surface area contributed by atoms with E-state index in [0.29, 0.717) is 18.4 Å². The molecular formula is C22H23ClN2O3. The van der Waals surface area contributed by atoms with Gasteiger partial charge in [-0.05, 0) is 54.8 Å². The number of carbonyl (C=O) groups is 1. The number of fused-ring (bicyclic) bond motifs is 1. The summed E-state index contributed by atoms with van der Waals surface area (Å²) in [6.45, 7) is 6.44. The van der Waals surface area contributed by atoms with Crippen LogP contribution in [-0.2, 0) is 15.6 Å². The van der Waals surface area contributed by atoms with Gasteiger partial charge >= 0.3 is 0 Å². The third-order valence-corrected chi connectivity index (χ3v) is 5.76. The predicted molar refractivity (Wildman–Crippen MR) is 111 cm³/mol. The van der Waals surface area contributed by atoms with Gasteiger partial charge in [-0.25, -0.2) is 0 Å². The number of aromatic amines is 1. The average Bonchev–Trinajstić information content (AvgIpc) is 3.31. The Balaban J connectivity index is 1.61. The molecule has 1 aliphatic rings. The van der Waals surface area contributed by atoms with E-state index in [1.807, 2.05) is 18.2 Å². The lowest BCUT2D eigenvalue weighted by atomic mass is 9.92. The lowest BCUT2D eigenvalue weighted by molar-refractivity contribution is -0.118. The number of aromatic hydroxyl groups is 2. The summed E-state index contributed by atoms with van der Waals surface area (Å²) in [6, 6.07) is 10.9. The number of hydrogen-bond donors (Lipinski definition) is 4. The fourth-order valence-electron chi connectivity index (χ4n) is 3.50. The van der Waals surface area contributed by atoms with Crippen molar-refractivity contribution in [1.29, 1.82) is 0 Å². The van der Waals surface area contributed by atoms with Crippen molar-refractivity contribution in [1.82, 2.24) is 4.98 Å². The summed E-state index contributed by atoms with van der Waals surface area (Å²) < 4.78 is 0. The zero-order chi connectivity index (χ0) is 20.3. The second-order valence-electron chi connectivity index (χ2n) is 8.60. The molecule has 0 saturated heterocycles. The smallest absolute Gasteiger partial charge is 0.235 e. The van der Waals surface area contributed by atoms with Crippen molar-refractivity contribution < 1.29 is 15.0 Å². The first-order chi connectivity index (χ1) is 13.1. The fraction of sp³-hybridized carbons (Fsp3) is 0.318. The van der Waals surface area contributed by atoms with E-state index in [4.69, 9.17) is 11.6 Å². The third kappa shape index (κ3) is 3.10. The predicted octanol–water partition coefficient (Wildman–Crippen LogP) is 5.20. The normalized spacial score (nSPS) is 15.6. The van der Waals surface area contributed by atoms with Crippen LogP contribution in [-0.4, -0.2) is 21.1 Å². The van der Waals surface area contributed by atoms with Crippen LogP contribution in [0.25, 0.3) is 10.9 Å². The van der Waals surface area contributed by atoms with Gasteiger partial charge in [-0.15, -0.1) is 0 Å². The maximum atomic E-state index is 13.0. The Kier molecular flexibility index (Phi) is 4.12. The fourth-order valence-corrected chi connectivity index (χ4v) is 3.71. The quantitative estimate of drug-likeness (QED) is 0.457. The second kappa shape index (κ2) is 6.17. The molecule has 0 spiro atoms. The lowest BCUT2D eigenvalue weighted by Crippen LogP contribution is -2.27. The summed E-state index contributed by atoms with van der Waals surface area (Å²) in [5.74, 6) is -0.821. The molecule has 0 atom stereocenters. The highest BCUT2D eigenvalue weighted by atomic mass is 35.5. The molecule has 0 bridgehead atoms. The molecule has 146 valence electrons. The van der Waals surface area contributed by atoms with Crippen molar-refractivity contribution in [3.05, 3.63) is 52.7 Å². The van der Waals surface area contributed by atoms with Crippen molar-refractivity contribution in [2.24, 2.45) is 0 Å². The monoisotopic (exact) mass is 398 g/mol.